The molecule has 1 rings (SSSR count). The lowest BCUT2D eigenvalue weighted by molar-refractivity contribution is 0.557. The highest BCUT2D eigenvalue weighted by Gasteiger charge is 2.02. The van der Waals surface area contributed by atoms with E-state index < -0.39 is 0 Å². The van der Waals surface area contributed by atoms with E-state index in [0.717, 1.165) is 25.3 Å². The summed E-state index contributed by atoms with van der Waals surface area (Å²) >= 11 is 2.45. The van der Waals surface area contributed by atoms with Crippen molar-refractivity contribution in [1.29, 1.82) is 0 Å². The first-order valence-electron chi connectivity index (χ1n) is 6.58. The largest absolute Gasteiger partial charge is 0.311 e. The average Bonchev–Trinajstić information content (AvgIpc) is 2.68. The summed E-state index contributed by atoms with van der Waals surface area (Å²) in [5, 5.41) is 7.95. The molecule has 4 heteroatoms. The van der Waals surface area contributed by atoms with Crippen LogP contribution in [0.15, 0.2) is 6.07 Å². The van der Waals surface area contributed by atoms with Crippen LogP contribution in [0.5, 0.6) is 0 Å². The highest BCUT2D eigenvalue weighted by Crippen LogP contribution is 2.04. The molecule has 0 aliphatic rings. The topological polar surface area (TPSA) is 29.9 Å². The first-order valence-corrected chi connectivity index (χ1v) is 8.10. The highest BCUT2D eigenvalue weighted by atomic mass is 127. The van der Waals surface area contributed by atoms with E-state index in [4.69, 9.17) is 0 Å². The SMILES string of the molecule is CCn1nc(C)cc1CNCCCCCCI. The van der Waals surface area contributed by atoms with Gasteiger partial charge >= 0.3 is 0 Å². The van der Waals surface area contributed by atoms with Crippen LogP contribution in [0.1, 0.15) is 44.0 Å². The minimum Gasteiger partial charge on any atom is -0.311 e. The van der Waals surface area contributed by atoms with Gasteiger partial charge in [0.15, 0.2) is 0 Å². The maximum absolute atomic E-state index is 4.44. The average molecular weight is 349 g/mol. The van der Waals surface area contributed by atoms with Crippen molar-refractivity contribution < 1.29 is 0 Å². The van der Waals surface area contributed by atoms with E-state index >= 15 is 0 Å². The Bertz CT molecular complexity index is 310. The van der Waals surface area contributed by atoms with Gasteiger partial charge < -0.3 is 5.32 Å². The predicted octanol–water partition coefficient (Wildman–Crippen LogP) is 3.30. The maximum atomic E-state index is 4.44. The predicted molar refractivity (Wildman–Crippen MR) is 81.7 cm³/mol. The second-order valence-electron chi connectivity index (χ2n) is 4.37. The minimum absolute atomic E-state index is 0.945. The number of unbranched alkanes of at least 4 members (excludes halogenated alkanes) is 3. The molecule has 98 valence electrons. The first kappa shape index (κ1) is 15.0. The molecule has 3 nitrogen and oxygen atoms in total. The number of aromatic nitrogens is 2. The van der Waals surface area contributed by atoms with Crippen LogP contribution in [0.4, 0.5) is 0 Å². The molecule has 1 heterocycles. The van der Waals surface area contributed by atoms with Crippen LogP contribution in [0.3, 0.4) is 0 Å². The Kier molecular flexibility index (Phi) is 7.84. The monoisotopic (exact) mass is 349 g/mol. The van der Waals surface area contributed by atoms with E-state index in [2.05, 4.69) is 57.6 Å². The molecule has 0 atom stereocenters. The van der Waals surface area contributed by atoms with Crippen molar-refractivity contribution in [2.45, 2.75) is 52.6 Å². The molecule has 0 bridgehead atoms. The van der Waals surface area contributed by atoms with E-state index in [9.17, 15) is 0 Å². The molecule has 0 aromatic carbocycles. The van der Waals surface area contributed by atoms with Crippen molar-refractivity contribution in [2.75, 3.05) is 11.0 Å². The minimum atomic E-state index is 0.945. The van der Waals surface area contributed by atoms with Crippen LogP contribution < -0.4 is 5.32 Å². The molecule has 0 unspecified atom stereocenters. The van der Waals surface area contributed by atoms with Gasteiger partial charge in [0, 0.05) is 13.1 Å². The zero-order chi connectivity index (χ0) is 12.5. The van der Waals surface area contributed by atoms with Gasteiger partial charge in [-0.2, -0.15) is 5.10 Å². The molecule has 1 aromatic heterocycles. The fraction of sp³-hybridized carbons (Fsp3) is 0.769. The quantitative estimate of drug-likeness (QED) is 0.421. The van der Waals surface area contributed by atoms with Gasteiger partial charge in [-0.1, -0.05) is 35.4 Å². The van der Waals surface area contributed by atoms with Crippen LogP contribution in [-0.2, 0) is 13.1 Å². The van der Waals surface area contributed by atoms with Crippen molar-refractivity contribution in [1.82, 2.24) is 15.1 Å². The van der Waals surface area contributed by atoms with Crippen molar-refractivity contribution in [3.05, 3.63) is 17.5 Å². The van der Waals surface area contributed by atoms with Gasteiger partial charge in [-0.15, -0.1) is 0 Å². The number of nitrogens with one attached hydrogen (secondary N) is 1. The van der Waals surface area contributed by atoms with E-state index in [1.54, 1.807) is 0 Å². The molecule has 0 radical (unpaired) electrons. The molecule has 0 saturated carbocycles. The second kappa shape index (κ2) is 8.91. The van der Waals surface area contributed by atoms with Gasteiger partial charge in [-0.3, -0.25) is 4.68 Å². The summed E-state index contributed by atoms with van der Waals surface area (Å²) in [5.74, 6) is 0. The molecule has 17 heavy (non-hydrogen) atoms. The summed E-state index contributed by atoms with van der Waals surface area (Å²) in [6.07, 6.45) is 5.37. The summed E-state index contributed by atoms with van der Waals surface area (Å²) in [5.41, 5.74) is 2.42. The van der Waals surface area contributed by atoms with Gasteiger partial charge in [-0.05, 0) is 43.7 Å². The summed E-state index contributed by atoms with van der Waals surface area (Å²) in [6.45, 7) is 7.22. The molecule has 0 spiro atoms. The number of nitrogens with zero attached hydrogens (tertiary/aromatic N) is 2. The molecule has 0 saturated heterocycles. The summed E-state index contributed by atoms with van der Waals surface area (Å²) in [4.78, 5) is 0. The lowest BCUT2D eigenvalue weighted by atomic mass is 10.2. The van der Waals surface area contributed by atoms with Crippen LogP contribution in [-0.4, -0.2) is 20.8 Å². The Morgan fingerprint density at radius 2 is 2.06 bits per heavy atom. The van der Waals surface area contributed by atoms with Gasteiger partial charge in [0.25, 0.3) is 0 Å². The van der Waals surface area contributed by atoms with Crippen LogP contribution in [0.25, 0.3) is 0 Å². The van der Waals surface area contributed by atoms with E-state index in [-0.39, 0.29) is 0 Å². The van der Waals surface area contributed by atoms with Gasteiger partial charge in [-0.25, -0.2) is 0 Å². The summed E-state index contributed by atoms with van der Waals surface area (Å²) < 4.78 is 3.37. The summed E-state index contributed by atoms with van der Waals surface area (Å²) in [6, 6.07) is 2.17. The van der Waals surface area contributed by atoms with Crippen LogP contribution in [0, 0.1) is 6.92 Å². The third-order valence-corrected chi connectivity index (χ3v) is 3.59. The van der Waals surface area contributed by atoms with E-state index in [0.29, 0.717) is 0 Å². The third-order valence-electron chi connectivity index (χ3n) is 2.83. The number of aryl methyl sites for hydroxylation is 2. The van der Waals surface area contributed by atoms with Gasteiger partial charge in [0.2, 0.25) is 0 Å². The standard InChI is InChI=1S/C13H24IN3/c1-3-17-13(10-12(2)16-17)11-15-9-7-5-4-6-8-14/h10,15H,3-9,11H2,1-2H3. The van der Waals surface area contributed by atoms with E-state index in [1.165, 1.54) is 35.8 Å². The molecule has 1 aromatic rings. The fourth-order valence-corrected chi connectivity index (χ4v) is 2.47. The molecule has 0 aliphatic heterocycles. The summed E-state index contributed by atoms with van der Waals surface area (Å²) in [7, 11) is 0. The highest BCUT2D eigenvalue weighted by molar-refractivity contribution is 14.1. The number of rotatable bonds is 9. The number of halogens is 1. The van der Waals surface area contributed by atoms with Crippen LogP contribution in [0.2, 0.25) is 0 Å². The lowest BCUT2D eigenvalue weighted by Gasteiger charge is -2.06. The van der Waals surface area contributed by atoms with Crippen molar-refractivity contribution in [3.8, 4) is 0 Å². The molecule has 0 fully saturated rings. The Morgan fingerprint density at radius 1 is 1.29 bits per heavy atom. The van der Waals surface area contributed by atoms with Gasteiger partial charge in [0.05, 0.1) is 11.4 Å². The van der Waals surface area contributed by atoms with Crippen molar-refractivity contribution in [2.24, 2.45) is 0 Å². The normalized spacial score (nSPS) is 11.0. The lowest BCUT2D eigenvalue weighted by Crippen LogP contribution is -2.17. The molecular formula is C13H24IN3. The smallest absolute Gasteiger partial charge is 0.0597 e. The Morgan fingerprint density at radius 3 is 2.76 bits per heavy atom. The Labute approximate surface area is 118 Å². The van der Waals surface area contributed by atoms with Crippen molar-refractivity contribution >= 4 is 22.6 Å². The molecular weight excluding hydrogens is 325 g/mol. The number of hydrogen-bond acceptors (Lipinski definition) is 2. The first-order chi connectivity index (χ1) is 8.27. The Balaban J connectivity index is 2.13. The molecule has 0 aliphatic carbocycles. The zero-order valence-electron chi connectivity index (χ0n) is 11.0. The van der Waals surface area contributed by atoms with E-state index in [1.807, 2.05) is 0 Å². The number of hydrogen-bond donors (Lipinski definition) is 1. The van der Waals surface area contributed by atoms with Crippen LogP contribution >= 0.6 is 22.6 Å². The molecule has 0 amide bonds. The van der Waals surface area contributed by atoms with Gasteiger partial charge in [0.1, 0.15) is 0 Å². The zero-order valence-corrected chi connectivity index (χ0v) is 13.2. The maximum Gasteiger partial charge on any atom is 0.0597 e. The van der Waals surface area contributed by atoms with Crippen molar-refractivity contribution in [3.63, 3.8) is 0 Å². The second-order valence-corrected chi connectivity index (χ2v) is 5.45. The number of alkyl halides is 1. The Hall–Kier alpha value is -0.100. The molecule has 1 N–H and O–H groups in total. The fourth-order valence-electron chi connectivity index (χ4n) is 1.93. The third kappa shape index (κ3) is 5.86.